The molecule has 0 saturated heterocycles. The monoisotopic (exact) mass is 322 g/mol. The summed E-state index contributed by atoms with van der Waals surface area (Å²) < 4.78 is 13.0. The molecule has 0 aliphatic heterocycles. The molecule has 2 rings (SSSR count). The second-order valence-electron chi connectivity index (χ2n) is 5.53. The lowest BCUT2D eigenvalue weighted by molar-refractivity contribution is 0.0825. The van der Waals surface area contributed by atoms with Gasteiger partial charge < -0.3 is 5.11 Å². The molecule has 0 radical (unpaired) electrons. The molecule has 2 aromatic rings. The summed E-state index contributed by atoms with van der Waals surface area (Å²) in [5.74, 6) is -0.182. The first-order valence-corrected chi connectivity index (χ1v) is 9.30. The molecule has 0 amide bonds. The van der Waals surface area contributed by atoms with Gasteiger partial charge in [-0.3, -0.25) is 0 Å². The van der Waals surface area contributed by atoms with E-state index in [2.05, 4.69) is 32.0 Å². The van der Waals surface area contributed by atoms with Crippen LogP contribution in [0, 0.1) is 19.7 Å². The third kappa shape index (κ3) is 3.73. The van der Waals surface area contributed by atoms with Crippen molar-refractivity contribution in [2.75, 3.05) is 5.88 Å². The molecule has 0 fully saturated rings. The molecule has 0 aliphatic carbocycles. The summed E-state index contributed by atoms with van der Waals surface area (Å²) in [4.78, 5) is 0. The van der Waals surface area contributed by atoms with E-state index in [1.54, 1.807) is 12.1 Å². The molecule has 1 atom stereocenters. The first-order valence-electron chi connectivity index (χ1n) is 7.06. The Morgan fingerprint density at radius 2 is 1.81 bits per heavy atom. The van der Waals surface area contributed by atoms with Gasteiger partial charge in [0, 0.05) is 0 Å². The SMILES string of the molecule is Cc1cccc([SiH2]CC(O)(CCl)c2ccc(F)cc2)c1C. The Morgan fingerprint density at radius 1 is 1.14 bits per heavy atom. The molecule has 0 heterocycles. The highest BCUT2D eigenvalue weighted by Gasteiger charge is 2.28. The first-order chi connectivity index (χ1) is 9.96. The molecule has 112 valence electrons. The third-order valence-electron chi connectivity index (χ3n) is 4.13. The Kier molecular flexibility index (Phi) is 5.20. The predicted octanol–water partition coefficient (Wildman–Crippen LogP) is 2.78. The number of rotatable bonds is 5. The zero-order chi connectivity index (χ0) is 15.5. The second kappa shape index (κ2) is 6.73. The molecular formula is C17H20ClFOSi. The third-order valence-corrected chi connectivity index (χ3v) is 6.95. The minimum atomic E-state index is -1.07. The van der Waals surface area contributed by atoms with Gasteiger partial charge in [-0.15, -0.1) is 11.6 Å². The molecule has 1 N–H and O–H groups in total. The van der Waals surface area contributed by atoms with Gasteiger partial charge in [-0.25, -0.2) is 4.39 Å². The Bertz CT molecular complexity index is 615. The van der Waals surface area contributed by atoms with Crippen LogP contribution in [0.4, 0.5) is 4.39 Å². The van der Waals surface area contributed by atoms with E-state index in [0.29, 0.717) is 11.6 Å². The largest absolute Gasteiger partial charge is 0.384 e. The number of aliphatic hydroxyl groups is 1. The van der Waals surface area contributed by atoms with Gasteiger partial charge in [-0.1, -0.05) is 35.5 Å². The van der Waals surface area contributed by atoms with Crippen molar-refractivity contribution in [3.63, 3.8) is 0 Å². The lowest BCUT2D eigenvalue weighted by Crippen LogP contribution is -2.33. The van der Waals surface area contributed by atoms with E-state index in [4.69, 9.17) is 11.6 Å². The van der Waals surface area contributed by atoms with Crippen molar-refractivity contribution < 1.29 is 9.50 Å². The number of benzene rings is 2. The fourth-order valence-corrected chi connectivity index (χ4v) is 5.09. The van der Waals surface area contributed by atoms with Crippen LogP contribution < -0.4 is 5.19 Å². The van der Waals surface area contributed by atoms with Crippen LogP contribution in [-0.2, 0) is 5.60 Å². The van der Waals surface area contributed by atoms with Crippen molar-refractivity contribution in [2.24, 2.45) is 0 Å². The molecule has 21 heavy (non-hydrogen) atoms. The van der Waals surface area contributed by atoms with Crippen molar-refractivity contribution in [1.29, 1.82) is 0 Å². The number of alkyl halides is 1. The zero-order valence-electron chi connectivity index (χ0n) is 12.4. The lowest BCUT2D eigenvalue weighted by Gasteiger charge is -2.26. The molecule has 2 aromatic carbocycles. The first kappa shape index (κ1) is 16.2. The minimum Gasteiger partial charge on any atom is -0.384 e. The molecule has 0 aromatic heterocycles. The summed E-state index contributed by atoms with van der Waals surface area (Å²) in [6, 6.07) is 12.9. The van der Waals surface area contributed by atoms with Crippen LogP contribution in [0.3, 0.4) is 0 Å². The highest BCUT2D eigenvalue weighted by Crippen LogP contribution is 2.27. The lowest BCUT2D eigenvalue weighted by atomic mass is 9.98. The number of aryl methyl sites for hydroxylation is 1. The fraction of sp³-hybridized carbons (Fsp3) is 0.294. The van der Waals surface area contributed by atoms with E-state index in [0.717, 1.165) is 0 Å². The number of halogens is 2. The Balaban J connectivity index is 2.18. The molecule has 1 unspecified atom stereocenters. The van der Waals surface area contributed by atoms with E-state index in [9.17, 15) is 9.50 Å². The zero-order valence-corrected chi connectivity index (χ0v) is 14.5. The van der Waals surface area contributed by atoms with Crippen molar-refractivity contribution in [2.45, 2.75) is 25.5 Å². The average Bonchev–Trinajstić information content (AvgIpc) is 2.49. The summed E-state index contributed by atoms with van der Waals surface area (Å²) in [5, 5.41) is 12.1. The van der Waals surface area contributed by atoms with E-state index < -0.39 is 15.1 Å². The number of hydrogen-bond donors (Lipinski definition) is 1. The summed E-state index contributed by atoms with van der Waals surface area (Å²) in [7, 11) is -0.659. The average molecular weight is 323 g/mol. The summed E-state index contributed by atoms with van der Waals surface area (Å²) in [6.45, 7) is 4.22. The Morgan fingerprint density at radius 3 is 2.43 bits per heavy atom. The molecule has 0 spiro atoms. The Hall–Kier alpha value is -1.16. The van der Waals surface area contributed by atoms with Gasteiger partial charge in [-0.05, 0) is 48.7 Å². The van der Waals surface area contributed by atoms with E-state index >= 15 is 0 Å². The van der Waals surface area contributed by atoms with Crippen LogP contribution in [0.15, 0.2) is 42.5 Å². The van der Waals surface area contributed by atoms with Gasteiger partial charge in [0.2, 0.25) is 0 Å². The smallest absolute Gasteiger partial charge is 0.123 e. The van der Waals surface area contributed by atoms with Crippen molar-refractivity contribution >= 4 is 26.3 Å². The standard InChI is InChI=1S/C17H20ClFOSi/c1-12-4-3-5-16(13(12)2)21-11-17(20,10-18)14-6-8-15(19)9-7-14/h3-9,20H,10-11,21H2,1-2H3. The van der Waals surface area contributed by atoms with Crippen molar-refractivity contribution in [1.82, 2.24) is 0 Å². The topological polar surface area (TPSA) is 20.2 Å². The molecule has 0 saturated carbocycles. The van der Waals surface area contributed by atoms with Crippen LogP contribution in [0.2, 0.25) is 6.04 Å². The van der Waals surface area contributed by atoms with Gasteiger partial charge in [0.1, 0.15) is 11.4 Å². The predicted molar refractivity (Wildman–Crippen MR) is 89.9 cm³/mol. The van der Waals surface area contributed by atoms with Gasteiger partial charge in [0.15, 0.2) is 0 Å². The van der Waals surface area contributed by atoms with E-state index in [-0.39, 0.29) is 11.7 Å². The molecule has 1 nitrogen and oxygen atoms in total. The molecular weight excluding hydrogens is 303 g/mol. The normalized spacial score (nSPS) is 14.5. The van der Waals surface area contributed by atoms with Gasteiger partial charge in [0.25, 0.3) is 0 Å². The maximum atomic E-state index is 13.0. The van der Waals surface area contributed by atoms with E-state index in [1.807, 2.05) is 0 Å². The highest BCUT2D eigenvalue weighted by molar-refractivity contribution is 6.54. The molecule has 0 bridgehead atoms. The maximum absolute atomic E-state index is 13.0. The summed E-state index contributed by atoms with van der Waals surface area (Å²) in [6.07, 6.45) is 0. The van der Waals surface area contributed by atoms with Crippen LogP contribution >= 0.6 is 11.6 Å². The quantitative estimate of drug-likeness (QED) is 0.663. The van der Waals surface area contributed by atoms with Crippen molar-refractivity contribution in [3.8, 4) is 0 Å². The Labute approximate surface area is 132 Å². The van der Waals surface area contributed by atoms with Gasteiger partial charge in [-0.2, -0.15) is 0 Å². The van der Waals surface area contributed by atoms with Gasteiger partial charge >= 0.3 is 0 Å². The maximum Gasteiger partial charge on any atom is 0.123 e. The van der Waals surface area contributed by atoms with Crippen molar-refractivity contribution in [3.05, 3.63) is 65.0 Å². The van der Waals surface area contributed by atoms with E-state index in [1.165, 1.54) is 28.4 Å². The van der Waals surface area contributed by atoms with Crippen LogP contribution in [0.25, 0.3) is 0 Å². The molecule has 4 heteroatoms. The van der Waals surface area contributed by atoms with Crippen LogP contribution in [-0.4, -0.2) is 20.5 Å². The second-order valence-corrected chi connectivity index (χ2v) is 7.56. The minimum absolute atomic E-state index is 0.122. The highest BCUT2D eigenvalue weighted by atomic mass is 35.5. The summed E-state index contributed by atoms with van der Waals surface area (Å²) >= 11 is 6.00. The van der Waals surface area contributed by atoms with Gasteiger partial charge in [0.05, 0.1) is 15.4 Å². The molecule has 0 aliphatic rings. The van der Waals surface area contributed by atoms with Crippen LogP contribution in [0.5, 0.6) is 0 Å². The fourth-order valence-electron chi connectivity index (χ4n) is 2.47. The summed E-state index contributed by atoms with van der Waals surface area (Å²) in [5.41, 5.74) is 2.20. The number of hydrogen-bond acceptors (Lipinski definition) is 1. The van der Waals surface area contributed by atoms with Crippen LogP contribution in [0.1, 0.15) is 16.7 Å².